The van der Waals surface area contributed by atoms with Crippen LogP contribution in [0.4, 0.5) is 5.69 Å². The van der Waals surface area contributed by atoms with Gasteiger partial charge in [-0.1, -0.05) is 18.2 Å². The van der Waals surface area contributed by atoms with Gasteiger partial charge in [-0.3, -0.25) is 9.89 Å². The Kier molecular flexibility index (Phi) is 14.8. The predicted octanol–water partition coefficient (Wildman–Crippen LogP) is 3.21. The molecule has 2 aliphatic heterocycles. The van der Waals surface area contributed by atoms with Crippen molar-refractivity contribution in [2.45, 2.75) is 32.1 Å². The highest BCUT2D eigenvalue weighted by atomic mass is 127. The Hall–Kier alpha value is -1.10. The molecule has 1 aromatic carbocycles. The lowest BCUT2D eigenvalue weighted by atomic mass is 10.0. The lowest BCUT2D eigenvalue weighted by Gasteiger charge is -2.36. The van der Waals surface area contributed by atoms with Crippen LogP contribution in [-0.4, -0.2) is 90.1 Å². The van der Waals surface area contributed by atoms with Crippen LogP contribution in [0.3, 0.4) is 0 Å². The average Bonchev–Trinajstić information content (AvgIpc) is 2.86. The van der Waals surface area contributed by atoms with Crippen LogP contribution < -0.4 is 15.5 Å². The number of hydrogen-bond acceptors (Lipinski definition) is 5. The Morgan fingerprint density at radius 3 is 2.39 bits per heavy atom. The molecule has 188 valence electrons. The van der Waals surface area contributed by atoms with Gasteiger partial charge in [0.05, 0.1) is 0 Å². The van der Waals surface area contributed by atoms with Crippen LogP contribution >= 0.6 is 24.0 Å². The number of nitrogens with zero attached hydrogens (tertiary/aromatic N) is 3. The molecule has 0 aliphatic carbocycles. The van der Waals surface area contributed by atoms with Gasteiger partial charge in [0.2, 0.25) is 0 Å². The number of rotatable bonds is 12. The highest BCUT2D eigenvalue weighted by Crippen LogP contribution is 2.16. The highest BCUT2D eigenvalue weighted by molar-refractivity contribution is 14.0. The lowest BCUT2D eigenvalue weighted by molar-refractivity contribution is 0.0203. The second-order valence-corrected chi connectivity index (χ2v) is 8.78. The fourth-order valence-corrected chi connectivity index (χ4v) is 4.30. The fraction of sp³-hybridized carbons (Fsp3) is 0.720. The van der Waals surface area contributed by atoms with Gasteiger partial charge in [0.25, 0.3) is 0 Å². The van der Waals surface area contributed by atoms with Crippen LogP contribution in [0, 0.1) is 5.92 Å². The van der Waals surface area contributed by atoms with Crippen molar-refractivity contribution in [1.82, 2.24) is 15.5 Å². The van der Waals surface area contributed by atoms with Crippen molar-refractivity contribution in [3.05, 3.63) is 30.3 Å². The molecule has 0 unspecified atom stereocenters. The van der Waals surface area contributed by atoms with Gasteiger partial charge in [-0.15, -0.1) is 24.0 Å². The monoisotopic (exact) mass is 573 g/mol. The van der Waals surface area contributed by atoms with Gasteiger partial charge in [0, 0.05) is 78.4 Å². The van der Waals surface area contributed by atoms with Crippen LogP contribution in [0.25, 0.3) is 0 Å². The SMILES string of the molecule is CN=C(NCCCCN1CCN(c2ccccc2)CC1)NCCCOCC1CCOCC1.I. The van der Waals surface area contributed by atoms with E-state index in [4.69, 9.17) is 9.47 Å². The van der Waals surface area contributed by atoms with Crippen LogP contribution in [0.2, 0.25) is 0 Å². The second kappa shape index (κ2) is 17.4. The molecule has 0 bridgehead atoms. The van der Waals surface area contributed by atoms with Gasteiger partial charge in [0.1, 0.15) is 0 Å². The molecule has 0 atom stereocenters. The van der Waals surface area contributed by atoms with E-state index in [2.05, 4.69) is 55.8 Å². The topological polar surface area (TPSA) is 61.4 Å². The van der Waals surface area contributed by atoms with Gasteiger partial charge < -0.3 is 25.0 Å². The number of ether oxygens (including phenoxy) is 2. The third-order valence-electron chi connectivity index (χ3n) is 6.36. The summed E-state index contributed by atoms with van der Waals surface area (Å²) in [6.45, 7) is 11.0. The number of benzene rings is 1. The molecular formula is C25H44IN5O2. The van der Waals surface area contributed by atoms with Gasteiger partial charge in [-0.05, 0) is 56.7 Å². The normalized spacial score (nSPS) is 18.1. The quantitative estimate of drug-likeness (QED) is 0.173. The highest BCUT2D eigenvalue weighted by Gasteiger charge is 2.16. The first kappa shape index (κ1) is 28.1. The van der Waals surface area contributed by atoms with Crippen molar-refractivity contribution < 1.29 is 9.47 Å². The molecule has 2 heterocycles. The molecule has 2 saturated heterocycles. The summed E-state index contributed by atoms with van der Waals surface area (Å²) in [5.74, 6) is 1.57. The van der Waals surface area contributed by atoms with Gasteiger partial charge in [-0.25, -0.2) is 0 Å². The summed E-state index contributed by atoms with van der Waals surface area (Å²) in [6, 6.07) is 10.8. The largest absolute Gasteiger partial charge is 0.381 e. The first-order valence-corrected chi connectivity index (χ1v) is 12.5. The van der Waals surface area contributed by atoms with E-state index in [1.54, 1.807) is 0 Å². The minimum Gasteiger partial charge on any atom is -0.381 e. The molecule has 2 fully saturated rings. The summed E-state index contributed by atoms with van der Waals surface area (Å²) in [4.78, 5) is 9.41. The van der Waals surface area contributed by atoms with E-state index in [1.165, 1.54) is 18.7 Å². The first-order valence-electron chi connectivity index (χ1n) is 12.5. The Morgan fingerprint density at radius 2 is 1.70 bits per heavy atom. The maximum absolute atomic E-state index is 5.83. The lowest BCUT2D eigenvalue weighted by Crippen LogP contribution is -2.46. The molecule has 0 amide bonds. The second-order valence-electron chi connectivity index (χ2n) is 8.78. The third kappa shape index (κ3) is 11.2. The number of unbranched alkanes of at least 4 members (excludes halogenated alkanes) is 1. The number of hydrogen-bond donors (Lipinski definition) is 2. The maximum Gasteiger partial charge on any atom is 0.190 e. The van der Waals surface area contributed by atoms with E-state index in [-0.39, 0.29) is 24.0 Å². The molecule has 2 N–H and O–H groups in total. The molecule has 0 radical (unpaired) electrons. The number of guanidine groups is 1. The zero-order valence-electron chi connectivity index (χ0n) is 20.3. The van der Waals surface area contributed by atoms with Crippen molar-refractivity contribution in [3.8, 4) is 0 Å². The summed E-state index contributed by atoms with van der Waals surface area (Å²) in [6.07, 6.45) is 5.65. The molecule has 0 saturated carbocycles. The summed E-state index contributed by atoms with van der Waals surface area (Å²) in [5, 5.41) is 6.83. The minimum atomic E-state index is 0. The Morgan fingerprint density at radius 1 is 1.00 bits per heavy atom. The van der Waals surface area contributed by atoms with Crippen molar-refractivity contribution >= 4 is 35.6 Å². The van der Waals surface area contributed by atoms with E-state index >= 15 is 0 Å². The van der Waals surface area contributed by atoms with Gasteiger partial charge in [-0.2, -0.15) is 0 Å². The van der Waals surface area contributed by atoms with Crippen LogP contribution in [0.5, 0.6) is 0 Å². The zero-order valence-corrected chi connectivity index (χ0v) is 22.7. The Balaban J connectivity index is 0.00000385. The van der Waals surface area contributed by atoms with E-state index < -0.39 is 0 Å². The fourth-order valence-electron chi connectivity index (χ4n) is 4.30. The van der Waals surface area contributed by atoms with Crippen molar-refractivity contribution in [3.63, 3.8) is 0 Å². The summed E-state index contributed by atoms with van der Waals surface area (Å²) >= 11 is 0. The van der Waals surface area contributed by atoms with Crippen molar-refractivity contribution in [1.29, 1.82) is 0 Å². The third-order valence-corrected chi connectivity index (χ3v) is 6.36. The van der Waals surface area contributed by atoms with Crippen LogP contribution in [0.15, 0.2) is 35.3 Å². The van der Waals surface area contributed by atoms with E-state index in [1.807, 2.05) is 7.05 Å². The molecule has 8 heteroatoms. The summed E-state index contributed by atoms with van der Waals surface area (Å²) < 4.78 is 11.2. The summed E-state index contributed by atoms with van der Waals surface area (Å²) in [5.41, 5.74) is 1.35. The average molecular weight is 574 g/mol. The number of aliphatic imine (C=N–C) groups is 1. The van der Waals surface area contributed by atoms with E-state index in [0.717, 1.165) is 97.3 Å². The zero-order chi connectivity index (χ0) is 22.3. The molecule has 33 heavy (non-hydrogen) atoms. The molecular weight excluding hydrogens is 529 g/mol. The van der Waals surface area contributed by atoms with E-state index in [0.29, 0.717) is 5.92 Å². The van der Waals surface area contributed by atoms with Crippen LogP contribution in [0.1, 0.15) is 32.1 Å². The predicted molar refractivity (Wildman–Crippen MR) is 148 cm³/mol. The standard InChI is InChI=1S/C25H43N5O2.HI/c1-26-25(28-13-7-19-32-22-23-10-20-31-21-11-23)27-12-5-6-14-29-15-17-30(18-16-29)24-8-3-2-4-9-24;/h2-4,8-9,23H,5-7,10-22H2,1H3,(H2,26,27,28);1H. The molecule has 3 rings (SSSR count). The molecule has 0 spiro atoms. The van der Waals surface area contributed by atoms with Gasteiger partial charge in [0.15, 0.2) is 5.96 Å². The van der Waals surface area contributed by atoms with Gasteiger partial charge >= 0.3 is 0 Å². The molecule has 2 aliphatic rings. The number of halogens is 1. The number of anilines is 1. The number of piperazine rings is 1. The van der Waals surface area contributed by atoms with Crippen LogP contribution in [-0.2, 0) is 9.47 Å². The Bertz CT molecular complexity index is 635. The maximum atomic E-state index is 5.83. The minimum absolute atomic E-state index is 0. The smallest absolute Gasteiger partial charge is 0.190 e. The number of para-hydroxylation sites is 1. The molecule has 7 nitrogen and oxygen atoms in total. The summed E-state index contributed by atoms with van der Waals surface area (Å²) in [7, 11) is 1.84. The Labute approximate surface area is 217 Å². The molecule has 1 aromatic rings. The van der Waals surface area contributed by atoms with Crippen molar-refractivity contribution in [2.75, 3.05) is 84.2 Å². The number of nitrogens with one attached hydrogen (secondary N) is 2. The molecule has 0 aromatic heterocycles. The van der Waals surface area contributed by atoms with Crippen molar-refractivity contribution in [2.24, 2.45) is 10.9 Å². The first-order chi connectivity index (χ1) is 15.8. The van der Waals surface area contributed by atoms with E-state index in [9.17, 15) is 0 Å².